The summed E-state index contributed by atoms with van der Waals surface area (Å²) in [5.41, 5.74) is 0.890. The number of hydrogen-bond acceptors (Lipinski definition) is 5. The van der Waals surface area contributed by atoms with Gasteiger partial charge in [0, 0.05) is 37.9 Å². The van der Waals surface area contributed by atoms with Gasteiger partial charge in [-0.3, -0.25) is 0 Å². The second-order valence-electron chi connectivity index (χ2n) is 5.88. The highest BCUT2D eigenvalue weighted by Crippen LogP contribution is 2.34. The van der Waals surface area contributed by atoms with Gasteiger partial charge in [-0.05, 0) is 36.4 Å². The number of benzene rings is 2. The second-order valence-corrected chi connectivity index (χ2v) is 7.82. The number of anilines is 1. The Bertz CT molecular complexity index is 878. The summed E-state index contributed by atoms with van der Waals surface area (Å²) in [6.07, 6.45) is 0. The first-order valence-corrected chi connectivity index (χ1v) is 9.38. The lowest BCUT2D eigenvalue weighted by Crippen LogP contribution is -2.48. The minimum Gasteiger partial charge on any atom is -0.454 e. The molecule has 2 aromatic carbocycles. The molecular weight excluding hydrogens is 347 g/mol. The van der Waals surface area contributed by atoms with Crippen LogP contribution in [0, 0.1) is 5.82 Å². The van der Waals surface area contributed by atoms with Gasteiger partial charge in [-0.25, -0.2) is 12.8 Å². The van der Waals surface area contributed by atoms with Gasteiger partial charge in [0.05, 0.1) is 4.90 Å². The molecule has 25 heavy (non-hydrogen) atoms. The van der Waals surface area contributed by atoms with Gasteiger partial charge >= 0.3 is 0 Å². The van der Waals surface area contributed by atoms with Crippen LogP contribution in [0.1, 0.15) is 0 Å². The van der Waals surface area contributed by atoms with Crippen molar-refractivity contribution in [2.75, 3.05) is 37.9 Å². The van der Waals surface area contributed by atoms with Crippen LogP contribution in [0.15, 0.2) is 47.4 Å². The molecule has 0 N–H and O–H groups in total. The van der Waals surface area contributed by atoms with Gasteiger partial charge in [-0.1, -0.05) is 0 Å². The Balaban J connectivity index is 1.48. The fraction of sp³-hybridized carbons (Fsp3) is 0.294. The summed E-state index contributed by atoms with van der Waals surface area (Å²) in [7, 11) is -3.58. The number of piperazine rings is 1. The van der Waals surface area contributed by atoms with Crippen molar-refractivity contribution in [1.82, 2.24) is 4.31 Å². The fourth-order valence-electron chi connectivity index (χ4n) is 3.02. The van der Waals surface area contributed by atoms with Crippen molar-refractivity contribution < 1.29 is 22.3 Å². The van der Waals surface area contributed by atoms with Gasteiger partial charge in [0.1, 0.15) is 5.82 Å². The summed E-state index contributed by atoms with van der Waals surface area (Å²) in [5.74, 6) is 0.721. The van der Waals surface area contributed by atoms with Crippen LogP contribution in [0.2, 0.25) is 0 Å². The predicted octanol–water partition coefficient (Wildman–Crippen LogP) is 2.07. The number of rotatable bonds is 3. The first-order chi connectivity index (χ1) is 12.0. The van der Waals surface area contributed by atoms with Crippen molar-refractivity contribution in [1.29, 1.82) is 0 Å². The predicted molar refractivity (Wildman–Crippen MR) is 89.9 cm³/mol. The molecule has 1 fully saturated rings. The number of fused-ring (bicyclic) bond motifs is 1. The van der Waals surface area contributed by atoms with Crippen LogP contribution in [0.5, 0.6) is 11.5 Å². The molecular formula is C17H17FN2O4S. The first kappa shape index (κ1) is 16.2. The third-order valence-corrected chi connectivity index (χ3v) is 6.31. The van der Waals surface area contributed by atoms with Gasteiger partial charge in [0.2, 0.25) is 16.8 Å². The summed E-state index contributed by atoms with van der Waals surface area (Å²) >= 11 is 0. The monoisotopic (exact) mass is 364 g/mol. The van der Waals surface area contributed by atoms with Crippen molar-refractivity contribution >= 4 is 15.7 Å². The lowest BCUT2D eigenvalue weighted by atomic mass is 10.2. The van der Waals surface area contributed by atoms with E-state index in [1.54, 1.807) is 18.2 Å². The zero-order valence-corrected chi connectivity index (χ0v) is 14.2. The Morgan fingerprint density at radius 3 is 2.28 bits per heavy atom. The molecule has 0 amide bonds. The summed E-state index contributed by atoms with van der Waals surface area (Å²) in [4.78, 5) is 2.25. The van der Waals surface area contributed by atoms with Crippen molar-refractivity contribution in [2.24, 2.45) is 0 Å². The quantitative estimate of drug-likeness (QED) is 0.835. The lowest BCUT2D eigenvalue weighted by Gasteiger charge is -2.35. The number of sulfonamides is 1. The molecule has 132 valence electrons. The topological polar surface area (TPSA) is 59.1 Å². The highest BCUT2D eigenvalue weighted by Gasteiger charge is 2.30. The van der Waals surface area contributed by atoms with Crippen LogP contribution >= 0.6 is 0 Å². The number of halogens is 1. The van der Waals surface area contributed by atoms with E-state index in [9.17, 15) is 12.8 Å². The molecule has 2 aliphatic heterocycles. The zero-order chi connectivity index (χ0) is 17.4. The molecule has 0 bridgehead atoms. The smallest absolute Gasteiger partial charge is 0.243 e. The van der Waals surface area contributed by atoms with Crippen molar-refractivity contribution in [3.63, 3.8) is 0 Å². The van der Waals surface area contributed by atoms with E-state index in [1.165, 1.54) is 28.6 Å². The Hall–Kier alpha value is -2.32. The summed E-state index contributed by atoms with van der Waals surface area (Å²) in [6.45, 7) is 1.95. The average Bonchev–Trinajstić information content (AvgIpc) is 3.10. The van der Waals surface area contributed by atoms with Gasteiger partial charge in [0.15, 0.2) is 11.5 Å². The Labute approximate surface area is 145 Å². The molecule has 2 heterocycles. The molecule has 0 saturated carbocycles. The van der Waals surface area contributed by atoms with E-state index in [4.69, 9.17) is 9.47 Å². The maximum Gasteiger partial charge on any atom is 0.243 e. The third-order valence-electron chi connectivity index (χ3n) is 4.41. The highest BCUT2D eigenvalue weighted by molar-refractivity contribution is 7.89. The number of ether oxygens (including phenoxy) is 2. The molecule has 4 rings (SSSR count). The standard InChI is InChI=1S/C17H17FN2O4S/c18-13-1-3-14(4-2-13)19-7-9-20(10-8-19)25(21,22)15-5-6-16-17(11-15)24-12-23-16/h1-6,11H,7-10,12H2. The minimum atomic E-state index is -3.58. The van der Waals surface area contributed by atoms with Crippen LogP contribution in [0.25, 0.3) is 0 Å². The maximum absolute atomic E-state index is 13.0. The minimum absolute atomic E-state index is 0.106. The van der Waals surface area contributed by atoms with Crippen molar-refractivity contribution in [2.45, 2.75) is 4.90 Å². The van der Waals surface area contributed by atoms with E-state index in [0.29, 0.717) is 37.7 Å². The molecule has 2 aliphatic rings. The van der Waals surface area contributed by atoms with Gasteiger partial charge < -0.3 is 14.4 Å². The van der Waals surface area contributed by atoms with E-state index >= 15 is 0 Å². The molecule has 0 atom stereocenters. The largest absolute Gasteiger partial charge is 0.454 e. The van der Waals surface area contributed by atoms with Crippen LogP contribution in [-0.4, -0.2) is 45.7 Å². The molecule has 0 spiro atoms. The van der Waals surface area contributed by atoms with Crippen molar-refractivity contribution in [3.05, 3.63) is 48.3 Å². The van der Waals surface area contributed by atoms with Gasteiger partial charge in [-0.2, -0.15) is 4.31 Å². The molecule has 2 aromatic rings. The SMILES string of the molecule is O=S(=O)(c1ccc2c(c1)OCO2)N1CCN(c2ccc(F)cc2)CC1. The Morgan fingerprint density at radius 1 is 0.880 bits per heavy atom. The Kier molecular flexibility index (Phi) is 4.01. The highest BCUT2D eigenvalue weighted by atomic mass is 32.2. The van der Waals surface area contributed by atoms with E-state index in [-0.39, 0.29) is 17.5 Å². The second kappa shape index (κ2) is 6.20. The summed E-state index contributed by atoms with van der Waals surface area (Å²) < 4.78 is 50.6. The third kappa shape index (κ3) is 3.03. The molecule has 8 heteroatoms. The summed E-state index contributed by atoms with van der Waals surface area (Å²) in [6, 6.07) is 10.9. The van der Waals surface area contributed by atoms with Crippen LogP contribution in [0.3, 0.4) is 0 Å². The van der Waals surface area contributed by atoms with Gasteiger partial charge in [0.25, 0.3) is 0 Å². The molecule has 0 aromatic heterocycles. The van der Waals surface area contributed by atoms with Crippen LogP contribution in [0.4, 0.5) is 10.1 Å². The maximum atomic E-state index is 13.0. The van der Waals surface area contributed by atoms with Gasteiger partial charge in [-0.15, -0.1) is 0 Å². The number of hydrogen-bond donors (Lipinski definition) is 0. The van der Waals surface area contributed by atoms with E-state index < -0.39 is 10.0 Å². The van der Waals surface area contributed by atoms with E-state index in [1.807, 2.05) is 4.90 Å². The van der Waals surface area contributed by atoms with E-state index in [2.05, 4.69) is 0 Å². The van der Waals surface area contributed by atoms with Crippen molar-refractivity contribution in [3.8, 4) is 11.5 Å². The number of nitrogens with zero attached hydrogens (tertiary/aromatic N) is 2. The molecule has 0 radical (unpaired) electrons. The first-order valence-electron chi connectivity index (χ1n) is 7.94. The zero-order valence-electron chi connectivity index (χ0n) is 13.4. The normalized spacial score (nSPS) is 17.7. The molecule has 0 aliphatic carbocycles. The summed E-state index contributed by atoms with van der Waals surface area (Å²) in [5, 5.41) is 0. The average molecular weight is 364 g/mol. The lowest BCUT2D eigenvalue weighted by molar-refractivity contribution is 0.174. The van der Waals surface area contributed by atoms with Crippen LogP contribution < -0.4 is 14.4 Å². The molecule has 1 saturated heterocycles. The Morgan fingerprint density at radius 2 is 1.56 bits per heavy atom. The molecule has 6 nitrogen and oxygen atoms in total. The van der Waals surface area contributed by atoms with Crippen LogP contribution in [-0.2, 0) is 10.0 Å². The van der Waals surface area contributed by atoms with E-state index in [0.717, 1.165) is 5.69 Å². The molecule has 0 unspecified atom stereocenters. The fourth-order valence-corrected chi connectivity index (χ4v) is 4.46.